The second-order valence-electron chi connectivity index (χ2n) is 5.67. The summed E-state index contributed by atoms with van der Waals surface area (Å²) in [5.41, 5.74) is 2.51. The molecule has 1 N–H and O–H groups in total. The zero-order valence-electron chi connectivity index (χ0n) is 11.7. The van der Waals surface area contributed by atoms with Crippen molar-refractivity contribution in [3.05, 3.63) is 21.7 Å². The van der Waals surface area contributed by atoms with Gasteiger partial charge in [-0.15, -0.1) is 0 Å². The maximum absolute atomic E-state index is 11.4. The maximum Gasteiger partial charge on any atom is 0.310 e. The van der Waals surface area contributed by atoms with Crippen molar-refractivity contribution in [1.82, 2.24) is 0 Å². The Morgan fingerprint density at radius 1 is 1.20 bits per heavy atom. The summed E-state index contributed by atoms with van der Waals surface area (Å²) >= 11 is 6.43. The molecular formula is C15H17ClO4. The summed E-state index contributed by atoms with van der Waals surface area (Å²) < 4.78 is 11.6. The monoisotopic (exact) mass is 296 g/mol. The Kier molecular flexibility index (Phi) is 3.09. The first-order valence-corrected chi connectivity index (χ1v) is 7.21. The van der Waals surface area contributed by atoms with E-state index in [9.17, 15) is 9.90 Å². The molecule has 4 nitrogen and oxygen atoms in total. The fourth-order valence-electron chi connectivity index (χ4n) is 3.08. The van der Waals surface area contributed by atoms with Gasteiger partial charge in [-0.1, -0.05) is 11.6 Å². The second-order valence-corrected chi connectivity index (χ2v) is 6.05. The first-order valence-electron chi connectivity index (χ1n) is 6.83. The molecule has 0 aromatic heterocycles. The molecule has 0 bridgehead atoms. The van der Waals surface area contributed by atoms with Gasteiger partial charge in [0.25, 0.3) is 0 Å². The number of hydrogen-bond acceptors (Lipinski definition) is 3. The van der Waals surface area contributed by atoms with Crippen LogP contribution in [0.1, 0.15) is 43.4 Å². The van der Waals surface area contributed by atoms with Gasteiger partial charge in [-0.2, -0.15) is 0 Å². The van der Waals surface area contributed by atoms with E-state index in [2.05, 4.69) is 0 Å². The normalized spacial score (nSPS) is 24.6. The van der Waals surface area contributed by atoms with Gasteiger partial charge in [0, 0.05) is 29.5 Å². The lowest BCUT2D eigenvalue weighted by molar-refractivity contribution is -0.138. The SMILES string of the molecule is CC1Cc2c(c(Cl)c3c(c2C(C)C(=O)O)OC(C)C3)O1. The molecule has 108 valence electrons. The number of hydrogen-bond donors (Lipinski definition) is 1. The number of carboxylic acids is 1. The van der Waals surface area contributed by atoms with Gasteiger partial charge in [-0.05, 0) is 20.8 Å². The summed E-state index contributed by atoms with van der Waals surface area (Å²) in [6.45, 7) is 5.60. The number of carboxylic acid groups (broad SMARTS) is 1. The van der Waals surface area contributed by atoms with Crippen LogP contribution >= 0.6 is 11.6 Å². The lowest BCUT2D eigenvalue weighted by atomic mass is 9.90. The molecule has 2 heterocycles. The van der Waals surface area contributed by atoms with Crippen LogP contribution in [0.3, 0.4) is 0 Å². The lowest BCUT2D eigenvalue weighted by Gasteiger charge is -2.17. The number of ether oxygens (including phenoxy) is 2. The summed E-state index contributed by atoms with van der Waals surface area (Å²) in [6, 6.07) is 0. The van der Waals surface area contributed by atoms with E-state index < -0.39 is 11.9 Å². The number of aliphatic carboxylic acids is 1. The highest BCUT2D eigenvalue weighted by atomic mass is 35.5. The van der Waals surface area contributed by atoms with Crippen LogP contribution in [-0.4, -0.2) is 23.3 Å². The first-order chi connectivity index (χ1) is 9.40. The van der Waals surface area contributed by atoms with Crippen molar-refractivity contribution >= 4 is 17.6 Å². The van der Waals surface area contributed by atoms with E-state index in [1.54, 1.807) is 6.92 Å². The zero-order valence-corrected chi connectivity index (χ0v) is 12.5. The van der Waals surface area contributed by atoms with Crippen LogP contribution in [0.15, 0.2) is 0 Å². The number of rotatable bonds is 2. The van der Waals surface area contributed by atoms with E-state index in [0.717, 1.165) is 16.7 Å². The van der Waals surface area contributed by atoms with Gasteiger partial charge in [-0.3, -0.25) is 4.79 Å². The van der Waals surface area contributed by atoms with Crippen molar-refractivity contribution in [2.75, 3.05) is 0 Å². The molecule has 0 aliphatic carbocycles. The second kappa shape index (κ2) is 4.55. The van der Waals surface area contributed by atoms with Gasteiger partial charge in [0.1, 0.15) is 23.7 Å². The molecule has 0 radical (unpaired) electrons. The van der Waals surface area contributed by atoms with Crippen molar-refractivity contribution in [3.63, 3.8) is 0 Å². The van der Waals surface area contributed by atoms with E-state index in [1.807, 2.05) is 13.8 Å². The minimum absolute atomic E-state index is 0.0159. The molecule has 0 saturated carbocycles. The first kappa shape index (κ1) is 13.6. The summed E-state index contributed by atoms with van der Waals surface area (Å²) in [4.78, 5) is 11.4. The van der Waals surface area contributed by atoms with Crippen LogP contribution in [0.4, 0.5) is 0 Å². The Morgan fingerprint density at radius 2 is 1.75 bits per heavy atom. The minimum Gasteiger partial charge on any atom is -0.490 e. The molecule has 5 heteroatoms. The fourth-order valence-corrected chi connectivity index (χ4v) is 3.40. The largest absolute Gasteiger partial charge is 0.490 e. The van der Waals surface area contributed by atoms with Gasteiger partial charge < -0.3 is 14.6 Å². The Morgan fingerprint density at radius 3 is 2.35 bits per heavy atom. The molecule has 2 aliphatic heterocycles. The van der Waals surface area contributed by atoms with Crippen molar-refractivity contribution in [3.8, 4) is 11.5 Å². The third-order valence-electron chi connectivity index (χ3n) is 4.01. The third kappa shape index (κ3) is 1.85. The van der Waals surface area contributed by atoms with Gasteiger partial charge >= 0.3 is 5.97 Å². The van der Waals surface area contributed by atoms with Crippen LogP contribution in [0.5, 0.6) is 11.5 Å². The van der Waals surface area contributed by atoms with Gasteiger partial charge in [-0.25, -0.2) is 0 Å². The molecule has 1 aromatic carbocycles. The van der Waals surface area contributed by atoms with Crippen LogP contribution in [0.25, 0.3) is 0 Å². The van der Waals surface area contributed by atoms with E-state index in [0.29, 0.717) is 29.4 Å². The fraction of sp³-hybridized carbons (Fsp3) is 0.533. The van der Waals surface area contributed by atoms with E-state index in [1.165, 1.54) is 0 Å². The molecule has 3 rings (SSSR count). The van der Waals surface area contributed by atoms with Crippen molar-refractivity contribution in [2.24, 2.45) is 0 Å². The molecule has 0 saturated heterocycles. The quantitative estimate of drug-likeness (QED) is 0.911. The molecule has 2 aliphatic rings. The number of benzene rings is 1. The van der Waals surface area contributed by atoms with Crippen LogP contribution in [0, 0.1) is 0 Å². The molecule has 20 heavy (non-hydrogen) atoms. The summed E-state index contributed by atoms with van der Waals surface area (Å²) in [5, 5.41) is 9.96. The van der Waals surface area contributed by atoms with Gasteiger partial charge in [0.15, 0.2) is 0 Å². The van der Waals surface area contributed by atoms with Crippen LogP contribution in [0.2, 0.25) is 5.02 Å². The predicted molar refractivity (Wildman–Crippen MR) is 75.1 cm³/mol. The Bertz CT molecular complexity index is 557. The number of halogens is 1. The number of carbonyl (C=O) groups is 1. The Hall–Kier alpha value is -1.42. The molecule has 3 unspecified atom stereocenters. The standard InChI is InChI=1S/C15H17ClO4/c1-6-4-9-11(8(3)15(17)18)13-10(5-7(2)19-13)12(16)14(9)20-6/h6-8H,4-5H2,1-3H3,(H,17,18). The summed E-state index contributed by atoms with van der Waals surface area (Å²) in [6.07, 6.45) is 1.40. The van der Waals surface area contributed by atoms with Gasteiger partial charge in [0.05, 0.1) is 10.9 Å². The van der Waals surface area contributed by atoms with Crippen molar-refractivity contribution < 1.29 is 19.4 Å². The lowest BCUT2D eigenvalue weighted by Crippen LogP contribution is -2.13. The highest BCUT2D eigenvalue weighted by Crippen LogP contribution is 2.51. The van der Waals surface area contributed by atoms with Crippen LogP contribution < -0.4 is 9.47 Å². The van der Waals surface area contributed by atoms with Crippen molar-refractivity contribution in [2.45, 2.75) is 51.7 Å². The summed E-state index contributed by atoms with van der Waals surface area (Å²) in [7, 11) is 0. The Labute approximate surface area is 122 Å². The molecular weight excluding hydrogens is 280 g/mol. The molecule has 0 amide bonds. The third-order valence-corrected chi connectivity index (χ3v) is 4.41. The zero-order chi connectivity index (χ0) is 14.6. The highest BCUT2D eigenvalue weighted by molar-refractivity contribution is 6.33. The maximum atomic E-state index is 11.4. The molecule has 0 spiro atoms. The highest BCUT2D eigenvalue weighted by Gasteiger charge is 2.38. The Balaban J connectivity index is 2.25. The molecule has 1 aromatic rings. The molecule has 0 fully saturated rings. The average Bonchev–Trinajstić information content (AvgIpc) is 2.92. The van der Waals surface area contributed by atoms with Crippen molar-refractivity contribution in [1.29, 1.82) is 0 Å². The molecule has 3 atom stereocenters. The topological polar surface area (TPSA) is 55.8 Å². The summed E-state index contributed by atoms with van der Waals surface area (Å²) in [5.74, 6) is -0.180. The van der Waals surface area contributed by atoms with E-state index in [-0.39, 0.29) is 12.2 Å². The smallest absolute Gasteiger partial charge is 0.310 e. The van der Waals surface area contributed by atoms with E-state index in [4.69, 9.17) is 21.1 Å². The van der Waals surface area contributed by atoms with Gasteiger partial charge in [0.2, 0.25) is 0 Å². The van der Waals surface area contributed by atoms with E-state index >= 15 is 0 Å². The minimum atomic E-state index is -0.862. The average molecular weight is 297 g/mol. The van der Waals surface area contributed by atoms with Crippen LogP contribution in [-0.2, 0) is 17.6 Å². The predicted octanol–water partition coefficient (Wildman–Crippen LogP) is 3.17. The number of fused-ring (bicyclic) bond motifs is 2.